The van der Waals surface area contributed by atoms with Crippen molar-refractivity contribution < 1.29 is 4.92 Å². The number of nitrogens with zero attached hydrogens (tertiary/aromatic N) is 7. The van der Waals surface area contributed by atoms with Gasteiger partial charge in [0.2, 0.25) is 5.52 Å². The van der Waals surface area contributed by atoms with Crippen molar-refractivity contribution in [3.05, 3.63) is 58.1 Å². The van der Waals surface area contributed by atoms with Crippen molar-refractivity contribution in [1.29, 1.82) is 0 Å². The van der Waals surface area contributed by atoms with Crippen LogP contribution in [0.25, 0.3) is 22.3 Å². The van der Waals surface area contributed by atoms with E-state index in [9.17, 15) is 29.3 Å². The Morgan fingerprint density at radius 2 is 1.15 bits per heavy atom. The van der Waals surface area contributed by atoms with Gasteiger partial charge in [-0.3, -0.25) is 27.9 Å². The van der Waals surface area contributed by atoms with Gasteiger partial charge < -0.3 is 15.1 Å². The van der Waals surface area contributed by atoms with Crippen LogP contribution in [0.1, 0.15) is 51.4 Å². The van der Waals surface area contributed by atoms with Gasteiger partial charge in [0.1, 0.15) is 5.52 Å². The fourth-order valence-electron chi connectivity index (χ4n) is 5.23. The van der Waals surface area contributed by atoms with Crippen molar-refractivity contribution in [2.45, 2.75) is 77.5 Å². The molecule has 15 nitrogen and oxygen atoms in total. The first-order valence-corrected chi connectivity index (χ1v) is 14.3. The first-order chi connectivity index (χ1) is 19.8. The summed E-state index contributed by atoms with van der Waals surface area (Å²) in [7, 11) is 0. The molecule has 0 aromatic carbocycles. The average molecular weight is 566 g/mol. The van der Waals surface area contributed by atoms with Crippen LogP contribution >= 0.6 is 0 Å². The minimum absolute atomic E-state index is 0.0487. The van der Waals surface area contributed by atoms with Crippen molar-refractivity contribution in [2.75, 3.05) is 0 Å². The quantitative estimate of drug-likeness (QED) is 0.224. The third-order valence-electron chi connectivity index (χ3n) is 8.37. The zero-order valence-corrected chi connectivity index (χ0v) is 22.5. The van der Waals surface area contributed by atoms with E-state index in [1.165, 1.54) is 32.9 Å². The molecule has 0 bridgehead atoms. The van der Waals surface area contributed by atoms with Gasteiger partial charge in [-0.1, -0.05) is 0 Å². The average Bonchev–Trinajstić information content (AvgIpc) is 3.74. The van der Waals surface area contributed by atoms with Crippen molar-refractivity contribution >= 4 is 28.3 Å². The van der Waals surface area contributed by atoms with Crippen LogP contribution in [0, 0.1) is 33.8 Å². The summed E-state index contributed by atoms with van der Waals surface area (Å²) in [5, 5.41) is 10.9. The van der Waals surface area contributed by atoms with Gasteiger partial charge in [0, 0.05) is 26.2 Å². The Kier molecular flexibility index (Phi) is 6.05. The molecular weight excluding hydrogens is 534 g/mol. The molecule has 0 aliphatic heterocycles. The summed E-state index contributed by atoms with van der Waals surface area (Å²) < 4.78 is 5.68. The summed E-state index contributed by atoms with van der Waals surface area (Å²) in [5.41, 5.74) is -0.222. The van der Waals surface area contributed by atoms with Crippen LogP contribution in [0.15, 0.2) is 25.5 Å². The Balaban J connectivity index is 0.000000136. The number of hydrogen-bond acceptors (Lipinski definition) is 8. The molecule has 0 saturated heterocycles. The minimum atomic E-state index is -0.684. The maximum atomic E-state index is 12.6. The second-order valence-electron chi connectivity index (χ2n) is 12.0. The molecule has 4 heterocycles. The van der Waals surface area contributed by atoms with Gasteiger partial charge in [0.15, 0.2) is 5.65 Å². The number of nitro groups is 1. The van der Waals surface area contributed by atoms with Crippen LogP contribution in [0.2, 0.25) is 0 Å². The fraction of sp³-hybridized carbons (Fsp3) is 0.615. The van der Waals surface area contributed by atoms with Crippen LogP contribution in [0.5, 0.6) is 0 Å². The normalized spacial score (nSPS) is 18.5. The zero-order chi connectivity index (χ0) is 28.4. The van der Waals surface area contributed by atoms with Crippen molar-refractivity contribution in [3.63, 3.8) is 0 Å². The number of aromatic amines is 2. The second kappa shape index (κ2) is 9.66. The van der Waals surface area contributed by atoms with E-state index in [1.54, 1.807) is 4.57 Å². The smallest absolute Gasteiger partial charge is 0.390 e. The van der Waals surface area contributed by atoms with Crippen LogP contribution < -0.4 is 22.5 Å². The summed E-state index contributed by atoms with van der Waals surface area (Å²) in [6, 6.07) is 0. The van der Waals surface area contributed by atoms with Gasteiger partial charge in [-0.05, 0) is 84.9 Å². The van der Waals surface area contributed by atoms with Gasteiger partial charge in [-0.2, -0.15) is 0 Å². The molecule has 0 unspecified atom stereocenters. The molecule has 4 aromatic rings. The van der Waals surface area contributed by atoms with E-state index in [0.717, 1.165) is 38.5 Å². The lowest BCUT2D eigenvalue weighted by Gasteiger charge is -2.10. The molecule has 4 aromatic heterocycles. The van der Waals surface area contributed by atoms with Gasteiger partial charge in [-0.15, -0.1) is 0 Å². The van der Waals surface area contributed by atoms with Crippen molar-refractivity contribution in [3.8, 4) is 0 Å². The molecule has 0 amide bonds. The first kappa shape index (κ1) is 25.7. The number of aromatic nitrogens is 8. The fourth-order valence-corrected chi connectivity index (χ4v) is 5.23. The topological polar surface area (TPSA) is 188 Å². The second-order valence-corrected chi connectivity index (χ2v) is 12.0. The number of nitrogens with one attached hydrogen (secondary N) is 2. The van der Waals surface area contributed by atoms with E-state index in [4.69, 9.17) is 0 Å². The highest BCUT2D eigenvalue weighted by atomic mass is 16.6. The molecule has 41 heavy (non-hydrogen) atoms. The highest BCUT2D eigenvalue weighted by Gasteiger charge is 2.31. The van der Waals surface area contributed by atoms with E-state index in [0.29, 0.717) is 61.0 Å². The molecule has 0 radical (unpaired) electrons. The number of hydrogen-bond donors (Lipinski definition) is 2. The predicted molar refractivity (Wildman–Crippen MR) is 147 cm³/mol. The Labute approximate surface area is 231 Å². The monoisotopic (exact) mass is 565 g/mol. The molecule has 4 aliphatic carbocycles. The minimum Gasteiger partial charge on any atom is -0.390 e. The molecule has 8 rings (SSSR count). The van der Waals surface area contributed by atoms with Crippen molar-refractivity contribution in [2.24, 2.45) is 23.7 Å². The number of imidazole rings is 2. The van der Waals surface area contributed by atoms with Gasteiger partial charge in [0.05, 0.1) is 6.33 Å². The summed E-state index contributed by atoms with van der Waals surface area (Å²) in [6.45, 7) is 2.08. The lowest BCUT2D eigenvalue weighted by Crippen LogP contribution is -2.41. The molecule has 2 N–H and O–H groups in total. The lowest BCUT2D eigenvalue weighted by molar-refractivity contribution is -0.393. The predicted octanol–water partition coefficient (Wildman–Crippen LogP) is 1.32. The Morgan fingerprint density at radius 1 is 0.707 bits per heavy atom. The molecule has 4 fully saturated rings. The molecule has 0 atom stereocenters. The van der Waals surface area contributed by atoms with Crippen LogP contribution in [0.3, 0.4) is 0 Å². The SMILES string of the molecule is O=c1c2[nH]c([N+](=O)[O-])nc2n(CC2CC2)c(=O)n1CC1CC1.O=c1c2[nH]cnc2n(CC2CC2)c(=O)n1CC1CC1. The number of H-pyrrole nitrogens is 2. The standard InChI is InChI=1S/C13H15N5O4.C13H16N4O2/c19-11-9-10(15-12(14-9)18(21)22)16(5-7-1-2-7)13(20)17(11)6-8-3-4-8;18-12-10-11(15-7-14-10)16(5-8-1-2-8)13(19)17(12)6-9-3-4-9/h7-8H,1-6H2,(H,14,15);7-9H,1-6H2,(H,14,15). The molecule has 0 spiro atoms. The van der Waals surface area contributed by atoms with Crippen LogP contribution in [-0.4, -0.2) is 43.1 Å². The lowest BCUT2D eigenvalue weighted by atomic mass is 10.3. The van der Waals surface area contributed by atoms with Gasteiger partial charge in [0.25, 0.3) is 16.8 Å². The van der Waals surface area contributed by atoms with Gasteiger partial charge >= 0.3 is 17.3 Å². The summed E-state index contributed by atoms with van der Waals surface area (Å²) in [5.74, 6) is 1.32. The summed E-state index contributed by atoms with van der Waals surface area (Å²) in [6.07, 6.45) is 10.2. The van der Waals surface area contributed by atoms with Crippen LogP contribution in [0.4, 0.5) is 5.95 Å². The van der Waals surface area contributed by atoms with E-state index >= 15 is 0 Å². The van der Waals surface area contributed by atoms with E-state index in [1.807, 2.05) is 0 Å². The third kappa shape index (κ3) is 5.04. The third-order valence-corrected chi connectivity index (χ3v) is 8.37. The molecular formula is C26H31N9O6. The Bertz CT molecular complexity index is 1910. The maximum absolute atomic E-state index is 12.6. The molecule has 216 valence electrons. The highest BCUT2D eigenvalue weighted by Crippen LogP contribution is 2.33. The van der Waals surface area contributed by atoms with Gasteiger partial charge in [-0.25, -0.2) is 19.6 Å². The van der Waals surface area contributed by atoms with E-state index in [2.05, 4.69) is 19.9 Å². The van der Waals surface area contributed by atoms with E-state index < -0.39 is 22.1 Å². The van der Waals surface area contributed by atoms with Crippen LogP contribution in [-0.2, 0) is 26.2 Å². The first-order valence-electron chi connectivity index (χ1n) is 14.3. The van der Waals surface area contributed by atoms with E-state index in [-0.39, 0.29) is 22.4 Å². The zero-order valence-electron chi connectivity index (χ0n) is 22.5. The summed E-state index contributed by atoms with van der Waals surface area (Å²) in [4.78, 5) is 73.4. The maximum Gasteiger partial charge on any atom is 0.435 e. The Hall–Kier alpha value is -4.30. The highest BCUT2D eigenvalue weighted by molar-refractivity contribution is 5.71. The number of fused-ring (bicyclic) bond motifs is 2. The summed E-state index contributed by atoms with van der Waals surface area (Å²) >= 11 is 0. The largest absolute Gasteiger partial charge is 0.435 e. The van der Waals surface area contributed by atoms with Crippen molar-refractivity contribution in [1.82, 2.24) is 38.2 Å². The molecule has 15 heteroatoms. The molecule has 4 aliphatic rings. The molecule has 4 saturated carbocycles. The number of rotatable bonds is 9. The Morgan fingerprint density at radius 3 is 1.61 bits per heavy atom.